The number of nitrogen functional groups attached to an aromatic ring is 1. The number of hydrogen-bond acceptors (Lipinski definition) is 5. The number of pyridine rings is 1. The number of furan rings is 1. The third kappa shape index (κ3) is 5.90. The van der Waals surface area contributed by atoms with E-state index in [1.165, 1.54) is 42.3 Å². The van der Waals surface area contributed by atoms with Crippen molar-refractivity contribution >= 4 is 34.6 Å². The van der Waals surface area contributed by atoms with Crippen LogP contribution in [0.1, 0.15) is 40.6 Å². The lowest BCUT2D eigenvalue weighted by Crippen LogP contribution is -2.59. The number of rotatable bonds is 7. The van der Waals surface area contributed by atoms with Crippen molar-refractivity contribution in [3.8, 4) is 11.1 Å². The molecule has 1 aliphatic rings. The first-order valence-electron chi connectivity index (χ1n) is 12.5. The molecule has 1 saturated heterocycles. The van der Waals surface area contributed by atoms with Crippen molar-refractivity contribution in [1.29, 1.82) is 0 Å². The summed E-state index contributed by atoms with van der Waals surface area (Å²) in [5.41, 5.74) is 4.69. The molecule has 3 heterocycles. The Balaban J connectivity index is 1.34. The molecule has 10 heteroatoms. The smallest absolute Gasteiger partial charge is 0.420 e. The van der Waals surface area contributed by atoms with Crippen LogP contribution < -0.4 is 5.73 Å². The zero-order valence-corrected chi connectivity index (χ0v) is 21.5. The number of ketones is 1. The van der Waals surface area contributed by atoms with Gasteiger partial charge < -0.3 is 15.1 Å². The lowest BCUT2D eigenvalue weighted by molar-refractivity contribution is -0.136. The standard InChI is InChI=1S/C30H25F4N3O3/c1-29(31)16-37(17-29)28(39)20-6-4-19(5-7-20)21-12-22-13-24(40-27(22)25(14-21)30(32,33)34)10-9-23(38)8-2-18-3-11-26(35)36-15-18/h2-8,11-15H,9-10,16-17H2,1H3,(H2,35,36)/b8-2+. The Labute approximate surface area is 227 Å². The van der Waals surface area contributed by atoms with Crippen LogP contribution in [0.3, 0.4) is 0 Å². The molecule has 1 aliphatic heterocycles. The maximum absolute atomic E-state index is 14.0. The number of anilines is 1. The van der Waals surface area contributed by atoms with E-state index in [0.717, 1.165) is 6.07 Å². The Hall–Kier alpha value is -4.47. The number of benzene rings is 2. The lowest BCUT2D eigenvalue weighted by atomic mass is 9.96. The quantitative estimate of drug-likeness (QED) is 0.209. The molecular formula is C30H25F4N3O3. The van der Waals surface area contributed by atoms with Crippen LogP contribution >= 0.6 is 0 Å². The topological polar surface area (TPSA) is 89.4 Å². The van der Waals surface area contributed by atoms with Crippen LogP contribution in [0.5, 0.6) is 0 Å². The lowest BCUT2D eigenvalue weighted by Gasteiger charge is -2.42. The van der Waals surface area contributed by atoms with Gasteiger partial charge in [-0.3, -0.25) is 9.59 Å². The van der Waals surface area contributed by atoms with Crippen molar-refractivity contribution in [2.75, 3.05) is 18.8 Å². The van der Waals surface area contributed by atoms with Crippen LogP contribution in [0, 0.1) is 0 Å². The highest BCUT2D eigenvalue weighted by atomic mass is 19.4. The molecule has 0 bridgehead atoms. The summed E-state index contributed by atoms with van der Waals surface area (Å²) in [6.45, 7) is 1.43. The predicted molar refractivity (Wildman–Crippen MR) is 143 cm³/mol. The van der Waals surface area contributed by atoms with Crippen LogP contribution in [0.4, 0.5) is 23.4 Å². The average molecular weight is 552 g/mol. The molecule has 4 aromatic rings. The number of halogens is 4. The number of carbonyl (C=O) groups is 2. The molecule has 2 N–H and O–H groups in total. The highest BCUT2D eigenvalue weighted by Crippen LogP contribution is 2.39. The number of carbonyl (C=O) groups excluding carboxylic acids is 2. The molecule has 0 spiro atoms. The normalized spacial score (nSPS) is 15.0. The van der Waals surface area contributed by atoms with Gasteiger partial charge in [0.25, 0.3) is 5.91 Å². The van der Waals surface area contributed by atoms with Crippen molar-refractivity contribution in [2.45, 2.75) is 31.6 Å². The third-order valence-electron chi connectivity index (χ3n) is 6.65. The Morgan fingerprint density at radius 2 is 1.80 bits per heavy atom. The van der Waals surface area contributed by atoms with E-state index in [2.05, 4.69) is 4.98 Å². The first-order chi connectivity index (χ1) is 18.9. The first kappa shape index (κ1) is 27.1. The number of amides is 1. The largest absolute Gasteiger partial charge is 0.460 e. The summed E-state index contributed by atoms with van der Waals surface area (Å²) in [6.07, 6.45) is -0.0327. The maximum atomic E-state index is 14.0. The summed E-state index contributed by atoms with van der Waals surface area (Å²) >= 11 is 0. The minimum atomic E-state index is -4.68. The summed E-state index contributed by atoms with van der Waals surface area (Å²) < 4.78 is 61.2. The molecule has 0 unspecified atom stereocenters. The van der Waals surface area contributed by atoms with Crippen LogP contribution in [0.15, 0.2) is 71.3 Å². The van der Waals surface area contributed by atoms with Gasteiger partial charge in [0.1, 0.15) is 22.8 Å². The molecule has 0 radical (unpaired) electrons. The van der Waals surface area contributed by atoms with Gasteiger partial charge >= 0.3 is 6.18 Å². The van der Waals surface area contributed by atoms with E-state index < -0.39 is 17.4 Å². The van der Waals surface area contributed by atoms with Gasteiger partial charge in [-0.2, -0.15) is 13.2 Å². The van der Waals surface area contributed by atoms with Crippen LogP contribution in [0.25, 0.3) is 28.2 Å². The molecule has 2 aromatic heterocycles. The van der Waals surface area contributed by atoms with E-state index in [1.54, 1.807) is 36.4 Å². The Bertz CT molecular complexity index is 1600. The zero-order valence-electron chi connectivity index (χ0n) is 21.5. The fourth-order valence-electron chi connectivity index (χ4n) is 4.62. The third-order valence-corrected chi connectivity index (χ3v) is 6.65. The molecule has 6 nitrogen and oxygen atoms in total. The predicted octanol–water partition coefficient (Wildman–Crippen LogP) is 6.49. The minimum absolute atomic E-state index is 0.00393. The van der Waals surface area contributed by atoms with Crippen LogP contribution in [-0.4, -0.2) is 40.3 Å². The van der Waals surface area contributed by atoms with Crippen LogP contribution in [-0.2, 0) is 17.4 Å². The van der Waals surface area contributed by atoms with E-state index in [1.807, 2.05) is 0 Å². The van der Waals surface area contributed by atoms with Gasteiger partial charge in [-0.15, -0.1) is 0 Å². The van der Waals surface area contributed by atoms with Gasteiger partial charge in [0.15, 0.2) is 5.78 Å². The number of alkyl halides is 4. The van der Waals surface area contributed by atoms with Gasteiger partial charge in [0.05, 0.1) is 18.7 Å². The average Bonchev–Trinajstić information content (AvgIpc) is 3.31. The number of fused-ring (bicyclic) bond motifs is 1. The molecule has 0 aliphatic carbocycles. The summed E-state index contributed by atoms with van der Waals surface area (Å²) in [5.74, 6) is 0.0555. The van der Waals surface area contributed by atoms with Gasteiger partial charge in [-0.05, 0) is 78.2 Å². The van der Waals surface area contributed by atoms with Gasteiger partial charge in [-0.1, -0.05) is 12.1 Å². The summed E-state index contributed by atoms with van der Waals surface area (Å²) in [4.78, 5) is 30.2. The fraction of sp³-hybridized carbons (Fsp3) is 0.233. The van der Waals surface area contributed by atoms with E-state index in [9.17, 15) is 27.2 Å². The molecular weight excluding hydrogens is 526 g/mol. The van der Waals surface area contributed by atoms with Gasteiger partial charge in [0, 0.05) is 30.0 Å². The van der Waals surface area contributed by atoms with Gasteiger partial charge in [-0.25, -0.2) is 9.37 Å². The second-order valence-corrected chi connectivity index (χ2v) is 10.1. The van der Waals surface area contributed by atoms with Gasteiger partial charge in [0.2, 0.25) is 0 Å². The first-order valence-corrected chi connectivity index (χ1v) is 12.5. The van der Waals surface area contributed by atoms with Crippen molar-refractivity contribution in [1.82, 2.24) is 9.88 Å². The van der Waals surface area contributed by atoms with Crippen molar-refractivity contribution in [3.63, 3.8) is 0 Å². The highest BCUT2D eigenvalue weighted by Gasteiger charge is 2.41. The molecule has 206 valence electrons. The summed E-state index contributed by atoms with van der Waals surface area (Å²) in [7, 11) is 0. The van der Waals surface area contributed by atoms with E-state index in [0.29, 0.717) is 28.1 Å². The summed E-state index contributed by atoms with van der Waals surface area (Å²) in [5, 5.41) is 0.249. The van der Waals surface area contributed by atoms with Crippen molar-refractivity contribution in [2.24, 2.45) is 0 Å². The molecule has 40 heavy (non-hydrogen) atoms. The maximum Gasteiger partial charge on any atom is 0.420 e. The molecule has 1 amide bonds. The second-order valence-electron chi connectivity index (χ2n) is 10.1. The molecule has 2 aromatic carbocycles. The SMILES string of the molecule is CC1(F)CN(C(=O)c2ccc(-c3cc(C(F)(F)F)c4oc(CCC(=O)/C=C/c5ccc(N)nc5)cc4c3)cc2)C1. The number of hydrogen-bond donors (Lipinski definition) is 1. The number of nitrogens with two attached hydrogens (primary N) is 1. The molecule has 0 saturated carbocycles. The number of aromatic nitrogens is 1. The highest BCUT2D eigenvalue weighted by molar-refractivity contribution is 5.96. The van der Waals surface area contributed by atoms with E-state index in [4.69, 9.17) is 10.2 Å². The molecule has 0 atom stereocenters. The molecule has 5 rings (SSSR count). The number of nitrogens with zero attached hydrogens (tertiary/aromatic N) is 2. The van der Waals surface area contributed by atoms with E-state index >= 15 is 0 Å². The Kier molecular flexibility index (Phi) is 6.95. The van der Waals surface area contributed by atoms with Crippen molar-refractivity contribution < 1.29 is 31.6 Å². The molecule has 1 fully saturated rings. The Morgan fingerprint density at radius 1 is 1.07 bits per heavy atom. The van der Waals surface area contributed by atoms with Crippen molar-refractivity contribution in [3.05, 3.63) is 89.3 Å². The van der Waals surface area contributed by atoms with E-state index in [-0.39, 0.29) is 54.4 Å². The fourth-order valence-corrected chi connectivity index (χ4v) is 4.62. The summed E-state index contributed by atoms with van der Waals surface area (Å²) in [6, 6.07) is 13.6. The second kappa shape index (κ2) is 10.3. The number of allylic oxidation sites excluding steroid dienone is 1. The number of likely N-dealkylation sites (tertiary alicyclic amines) is 1. The number of aryl methyl sites for hydroxylation is 1. The zero-order chi connectivity index (χ0) is 28.7. The monoisotopic (exact) mass is 551 g/mol. The van der Waals surface area contributed by atoms with Crippen LogP contribution in [0.2, 0.25) is 0 Å². The minimum Gasteiger partial charge on any atom is -0.460 e. The Morgan fingerprint density at radius 3 is 2.42 bits per heavy atom.